The van der Waals surface area contributed by atoms with E-state index in [-0.39, 0.29) is 24.2 Å². The summed E-state index contributed by atoms with van der Waals surface area (Å²) in [5, 5.41) is 7.23. The molecule has 2 aromatic carbocycles. The molecule has 2 N–H and O–H groups in total. The van der Waals surface area contributed by atoms with Crippen molar-refractivity contribution in [2.75, 3.05) is 43.5 Å². The maximum atomic E-state index is 13.1. The summed E-state index contributed by atoms with van der Waals surface area (Å²) in [6, 6.07) is 11.4. The average molecular weight is 462 g/mol. The van der Waals surface area contributed by atoms with Gasteiger partial charge in [0.15, 0.2) is 11.5 Å². The minimum Gasteiger partial charge on any atom is -0.493 e. The zero-order chi connectivity index (χ0) is 22.2. The number of hydrazone groups is 1. The van der Waals surface area contributed by atoms with Gasteiger partial charge in [0.2, 0.25) is 17.8 Å². The highest BCUT2D eigenvalue weighted by Crippen LogP contribution is 2.27. The number of benzene rings is 2. The fourth-order valence-corrected chi connectivity index (χ4v) is 2.54. The third-order valence-electron chi connectivity index (χ3n) is 3.99. The van der Waals surface area contributed by atoms with Crippen molar-refractivity contribution < 1.29 is 13.9 Å². The van der Waals surface area contributed by atoms with Crippen molar-refractivity contribution in [3.63, 3.8) is 0 Å². The highest BCUT2D eigenvalue weighted by atomic mass is 35.5. The van der Waals surface area contributed by atoms with Crippen molar-refractivity contribution in [3.05, 3.63) is 53.8 Å². The lowest BCUT2D eigenvalue weighted by atomic mass is 10.2. The first-order chi connectivity index (χ1) is 15.0. The predicted molar refractivity (Wildman–Crippen MR) is 126 cm³/mol. The van der Waals surface area contributed by atoms with E-state index in [1.807, 2.05) is 39.2 Å². The van der Waals surface area contributed by atoms with E-state index in [9.17, 15) is 4.39 Å². The standard InChI is InChI=1S/C21H24FN7O2.ClH/c1-5-31-17-11-6-14(12-18(17)30-4)13-23-28-20-25-19(26-21(27-20)29(2)3)24-16-9-7-15(22)8-10-16;/h6-13H,5H2,1-4H3,(H2,24,25,26,27,28);1H/b23-13+;. The molecule has 0 bridgehead atoms. The van der Waals surface area contributed by atoms with E-state index in [1.165, 1.54) is 12.1 Å². The van der Waals surface area contributed by atoms with E-state index in [2.05, 4.69) is 30.8 Å². The third-order valence-corrected chi connectivity index (χ3v) is 3.99. The highest BCUT2D eigenvalue weighted by molar-refractivity contribution is 5.85. The van der Waals surface area contributed by atoms with Crippen molar-refractivity contribution >= 4 is 42.2 Å². The molecule has 32 heavy (non-hydrogen) atoms. The van der Waals surface area contributed by atoms with Gasteiger partial charge >= 0.3 is 0 Å². The number of ether oxygens (including phenoxy) is 2. The zero-order valence-corrected chi connectivity index (χ0v) is 19.0. The second-order valence-electron chi connectivity index (χ2n) is 6.52. The molecule has 3 rings (SSSR count). The normalized spacial score (nSPS) is 10.4. The van der Waals surface area contributed by atoms with Crippen LogP contribution in [0.25, 0.3) is 0 Å². The molecule has 0 saturated heterocycles. The topological polar surface area (TPSA) is 96.8 Å². The number of hydrogen-bond acceptors (Lipinski definition) is 9. The number of nitrogens with one attached hydrogen (secondary N) is 2. The van der Waals surface area contributed by atoms with Crippen molar-refractivity contribution in [1.29, 1.82) is 0 Å². The van der Waals surface area contributed by atoms with Crippen LogP contribution in [0.1, 0.15) is 12.5 Å². The van der Waals surface area contributed by atoms with Crippen molar-refractivity contribution in [2.24, 2.45) is 5.10 Å². The van der Waals surface area contributed by atoms with Crippen LogP contribution in [-0.4, -0.2) is 49.0 Å². The number of nitrogens with zero attached hydrogens (tertiary/aromatic N) is 5. The summed E-state index contributed by atoms with van der Waals surface area (Å²) < 4.78 is 24.0. The van der Waals surface area contributed by atoms with Gasteiger partial charge in [0.1, 0.15) is 5.82 Å². The molecule has 0 aliphatic carbocycles. The fraction of sp³-hybridized carbons (Fsp3) is 0.238. The van der Waals surface area contributed by atoms with Crippen molar-refractivity contribution in [2.45, 2.75) is 6.92 Å². The third kappa shape index (κ3) is 6.67. The molecule has 0 spiro atoms. The molecule has 170 valence electrons. The first-order valence-corrected chi connectivity index (χ1v) is 9.54. The second-order valence-corrected chi connectivity index (χ2v) is 6.52. The SMILES string of the molecule is CCOc1ccc(/C=N/Nc2nc(Nc3ccc(F)cc3)nc(N(C)C)n2)cc1OC.Cl. The number of methoxy groups -OCH3 is 1. The lowest BCUT2D eigenvalue weighted by molar-refractivity contribution is 0.311. The molecule has 0 atom stereocenters. The van der Waals surface area contributed by atoms with Gasteiger partial charge in [-0.3, -0.25) is 0 Å². The molecule has 0 unspecified atom stereocenters. The monoisotopic (exact) mass is 461 g/mol. The first-order valence-electron chi connectivity index (χ1n) is 9.54. The zero-order valence-electron chi connectivity index (χ0n) is 18.2. The number of hydrogen-bond donors (Lipinski definition) is 2. The van der Waals surface area contributed by atoms with Gasteiger partial charge in [0.25, 0.3) is 0 Å². The Kier molecular flexibility index (Phi) is 8.96. The van der Waals surface area contributed by atoms with Crippen LogP contribution in [0.3, 0.4) is 0 Å². The summed E-state index contributed by atoms with van der Waals surface area (Å²) >= 11 is 0. The van der Waals surface area contributed by atoms with Gasteiger partial charge in [0, 0.05) is 19.8 Å². The summed E-state index contributed by atoms with van der Waals surface area (Å²) in [6.45, 7) is 2.46. The van der Waals surface area contributed by atoms with Crippen molar-refractivity contribution in [3.8, 4) is 11.5 Å². The predicted octanol–water partition coefficient (Wildman–Crippen LogP) is 4.10. The van der Waals surface area contributed by atoms with Crippen LogP contribution in [0, 0.1) is 5.82 Å². The summed E-state index contributed by atoms with van der Waals surface area (Å²) in [6.07, 6.45) is 1.62. The van der Waals surface area contributed by atoms with Gasteiger partial charge in [-0.1, -0.05) is 0 Å². The molecular weight excluding hydrogens is 437 g/mol. The molecule has 0 aliphatic rings. The van der Waals surface area contributed by atoms with E-state index in [1.54, 1.807) is 30.4 Å². The molecule has 1 heterocycles. The Hall–Kier alpha value is -3.66. The van der Waals surface area contributed by atoms with Crippen LogP contribution in [0.4, 0.5) is 27.9 Å². The van der Waals surface area contributed by atoms with Gasteiger partial charge < -0.3 is 19.7 Å². The van der Waals surface area contributed by atoms with E-state index < -0.39 is 0 Å². The Labute approximate surface area is 192 Å². The van der Waals surface area contributed by atoms with E-state index in [4.69, 9.17) is 9.47 Å². The molecule has 0 aliphatic heterocycles. The number of halogens is 2. The lowest BCUT2D eigenvalue weighted by Crippen LogP contribution is -2.15. The average Bonchev–Trinajstić information content (AvgIpc) is 2.76. The molecule has 3 aromatic rings. The summed E-state index contributed by atoms with van der Waals surface area (Å²) in [5.74, 6) is 1.94. The minimum absolute atomic E-state index is 0. The quantitative estimate of drug-likeness (QED) is 0.363. The minimum atomic E-state index is -0.321. The van der Waals surface area contributed by atoms with E-state index in [0.717, 1.165) is 5.56 Å². The van der Waals surface area contributed by atoms with Crippen LogP contribution in [0.5, 0.6) is 11.5 Å². The lowest BCUT2D eigenvalue weighted by Gasteiger charge is -2.13. The number of aromatic nitrogens is 3. The molecular formula is C21H25ClFN7O2. The van der Waals surface area contributed by atoms with Gasteiger partial charge in [-0.15, -0.1) is 12.4 Å². The van der Waals surface area contributed by atoms with Crippen LogP contribution in [-0.2, 0) is 0 Å². The Morgan fingerprint density at radius 3 is 2.41 bits per heavy atom. The second kappa shape index (κ2) is 11.7. The van der Waals surface area contributed by atoms with E-state index in [0.29, 0.717) is 35.7 Å². The largest absolute Gasteiger partial charge is 0.493 e. The van der Waals surface area contributed by atoms with Gasteiger partial charge in [0.05, 0.1) is 19.9 Å². The van der Waals surface area contributed by atoms with Gasteiger partial charge in [-0.05, 0) is 55.0 Å². The number of rotatable bonds is 9. The summed E-state index contributed by atoms with van der Waals surface area (Å²) in [5.41, 5.74) is 4.26. The van der Waals surface area contributed by atoms with Crippen molar-refractivity contribution in [1.82, 2.24) is 15.0 Å². The van der Waals surface area contributed by atoms with Crippen LogP contribution in [0.2, 0.25) is 0 Å². The highest BCUT2D eigenvalue weighted by Gasteiger charge is 2.09. The van der Waals surface area contributed by atoms with Gasteiger partial charge in [-0.2, -0.15) is 20.1 Å². The molecule has 11 heteroatoms. The Morgan fingerprint density at radius 2 is 1.75 bits per heavy atom. The van der Waals surface area contributed by atoms with Crippen LogP contribution < -0.4 is 25.1 Å². The Morgan fingerprint density at radius 1 is 1.03 bits per heavy atom. The molecule has 0 radical (unpaired) electrons. The Balaban J connectivity index is 0.00000363. The van der Waals surface area contributed by atoms with Crippen LogP contribution >= 0.6 is 12.4 Å². The van der Waals surface area contributed by atoms with E-state index >= 15 is 0 Å². The summed E-state index contributed by atoms with van der Waals surface area (Å²) in [4.78, 5) is 14.7. The maximum Gasteiger partial charge on any atom is 0.250 e. The molecule has 0 amide bonds. The Bertz CT molecular complexity index is 1050. The van der Waals surface area contributed by atoms with Crippen LogP contribution in [0.15, 0.2) is 47.6 Å². The number of anilines is 4. The first kappa shape index (κ1) is 24.6. The summed E-state index contributed by atoms with van der Waals surface area (Å²) in [7, 11) is 5.22. The molecule has 0 saturated carbocycles. The molecule has 0 fully saturated rings. The molecule has 1 aromatic heterocycles. The smallest absolute Gasteiger partial charge is 0.250 e. The van der Waals surface area contributed by atoms with Gasteiger partial charge in [-0.25, -0.2) is 9.82 Å². The fourth-order valence-electron chi connectivity index (χ4n) is 2.54. The maximum absolute atomic E-state index is 13.1. The molecule has 9 nitrogen and oxygen atoms in total.